The largest absolute Gasteiger partial charge is 0.479 e. The van der Waals surface area contributed by atoms with E-state index in [0.29, 0.717) is 38.5 Å². The molecule has 19 nitrogen and oxygen atoms in total. The molecule has 5 aliphatic carbocycles. The maximum Gasteiger partial charge on any atom is 0.335 e. The molecule has 2 heterocycles. The number of carboxylic acid groups (broad SMARTS) is 1. The highest BCUT2D eigenvalue weighted by atomic mass is 16.7. The summed E-state index contributed by atoms with van der Waals surface area (Å²) in [4.78, 5) is 52.2. The van der Waals surface area contributed by atoms with E-state index in [-0.39, 0.29) is 17.4 Å². The van der Waals surface area contributed by atoms with Crippen molar-refractivity contribution < 1.29 is 93.2 Å². The molecule has 2 aliphatic heterocycles. The molecule has 0 aromatic rings. The predicted octanol–water partition coefficient (Wildman–Crippen LogP) is 2.06. The molecule has 0 spiro atoms. The Bertz CT molecular complexity index is 2050. The molecule has 2 saturated heterocycles. The zero-order chi connectivity index (χ0) is 51.3. The summed E-state index contributed by atoms with van der Waals surface area (Å²) in [5, 5.41) is 88.5. The monoisotopic (exact) mass is 980 g/mol. The van der Waals surface area contributed by atoms with E-state index in [4.69, 9.17) is 33.2 Å². The Morgan fingerprint density at radius 3 is 2.00 bits per heavy atom. The Kier molecular flexibility index (Phi) is 14.6. The van der Waals surface area contributed by atoms with Gasteiger partial charge in [-0.05, 0) is 86.4 Å². The summed E-state index contributed by atoms with van der Waals surface area (Å²) in [5.74, 6) is -4.32. The maximum atomic E-state index is 13.7. The second-order valence-corrected chi connectivity index (χ2v) is 23.1. The van der Waals surface area contributed by atoms with Crippen molar-refractivity contribution in [3.8, 4) is 0 Å². The van der Waals surface area contributed by atoms with Crippen LogP contribution in [0.2, 0.25) is 0 Å². The molecule has 0 amide bonds. The molecule has 7 aliphatic rings. The van der Waals surface area contributed by atoms with Crippen molar-refractivity contribution in [2.75, 3.05) is 13.2 Å². The maximum absolute atomic E-state index is 13.7. The smallest absolute Gasteiger partial charge is 0.335 e. The number of aliphatic hydroxyl groups is 7. The zero-order valence-electron chi connectivity index (χ0n) is 41.7. The summed E-state index contributed by atoms with van der Waals surface area (Å²) in [6, 6.07) is 0. The first-order valence-electron chi connectivity index (χ1n) is 24.4. The fourth-order valence-corrected chi connectivity index (χ4v) is 14.9. The van der Waals surface area contributed by atoms with Crippen molar-refractivity contribution in [2.24, 2.45) is 50.2 Å². The number of hydrogen-bond acceptors (Lipinski definition) is 18. The summed E-state index contributed by atoms with van der Waals surface area (Å²) in [7, 11) is 0. The van der Waals surface area contributed by atoms with E-state index in [0.717, 1.165) is 5.57 Å². The first-order valence-corrected chi connectivity index (χ1v) is 24.4. The number of esters is 3. The summed E-state index contributed by atoms with van der Waals surface area (Å²) < 4.78 is 42.0. The van der Waals surface area contributed by atoms with Crippen LogP contribution >= 0.6 is 0 Å². The van der Waals surface area contributed by atoms with Gasteiger partial charge in [0.2, 0.25) is 0 Å². The number of fused-ring (bicyclic) bond motifs is 7. The molecule has 0 bridgehead atoms. The number of aliphatic hydroxyl groups excluding tert-OH is 7. The van der Waals surface area contributed by atoms with Crippen molar-refractivity contribution in [2.45, 2.75) is 201 Å². The van der Waals surface area contributed by atoms with Gasteiger partial charge < -0.3 is 74.0 Å². The lowest BCUT2D eigenvalue weighted by atomic mass is 9.32. The topological polar surface area (TPSA) is 295 Å². The van der Waals surface area contributed by atoms with E-state index in [9.17, 15) is 60.0 Å². The molecule has 21 atom stereocenters. The van der Waals surface area contributed by atoms with Crippen LogP contribution < -0.4 is 0 Å². The molecule has 8 N–H and O–H groups in total. The van der Waals surface area contributed by atoms with Crippen LogP contribution in [0, 0.1) is 50.2 Å². The molecule has 0 aromatic carbocycles. The average Bonchev–Trinajstić information content (AvgIpc) is 3.26. The first-order chi connectivity index (χ1) is 32.0. The number of hydrogen-bond donors (Lipinski definition) is 8. The lowest BCUT2D eigenvalue weighted by Crippen LogP contribution is -2.77. The molecule has 0 aromatic heterocycles. The third-order valence-electron chi connectivity index (χ3n) is 18.8. The summed E-state index contributed by atoms with van der Waals surface area (Å²) >= 11 is 0. The van der Waals surface area contributed by atoms with E-state index >= 15 is 0 Å². The lowest BCUT2D eigenvalue weighted by Gasteiger charge is -2.73. The standard InChI is InChI=1S/C50H76O19/c1-12-22(2)42(62)69-40-39(65-24(4)53)45(5,6)19-26-25-13-14-29-47(9)17-16-30(66-44-34(58)35(33(57)36(68-44)41(60)61)67-43-32(56)31(55)27(54)20-63-43)46(7,8)28(47)15-18-48(29,10)49(25,11)38(64-23(3)52)37(59)50(26,40)21-51/h12-13,26-40,43-44,51,54-59H,14-21H2,1-11H3,(H,60,61)/b22-12+/t26-,27-,28-,29-,30+,31-,32-,33+,34-,35+,36+,37-,38+,39-,40+,43-,44-,47+,48+,49-,50-/m0/s1. The van der Waals surface area contributed by atoms with Gasteiger partial charge in [-0.3, -0.25) is 9.59 Å². The third-order valence-corrected chi connectivity index (χ3v) is 18.8. The van der Waals surface area contributed by atoms with Gasteiger partial charge in [-0.2, -0.15) is 0 Å². The predicted molar refractivity (Wildman–Crippen MR) is 240 cm³/mol. The molecule has 69 heavy (non-hydrogen) atoms. The van der Waals surface area contributed by atoms with Crippen LogP contribution in [0.25, 0.3) is 0 Å². The Balaban J connectivity index is 1.24. The van der Waals surface area contributed by atoms with Gasteiger partial charge in [0.15, 0.2) is 24.8 Å². The molecule has 19 heteroatoms. The molecule has 390 valence electrons. The highest BCUT2D eigenvalue weighted by Gasteiger charge is 2.77. The van der Waals surface area contributed by atoms with Gasteiger partial charge in [0, 0.05) is 30.3 Å². The number of rotatable bonds is 10. The van der Waals surface area contributed by atoms with Crippen LogP contribution in [0.1, 0.15) is 115 Å². The average molecular weight is 981 g/mol. The van der Waals surface area contributed by atoms with E-state index in [2.05, 4.69) is 33.8 Å². The van der Waals surface area contributed by atoms with Crippen LogP contribution in [-0.4, -0.2) is 164 Å². The molecule has 6 fully saturated rings. The lowest BCUT2D eigenvalue weighted by molar-refractivity contribution is -0.357. The van der Waals surface area contributed by atoms with Crippen molar-refractivity contribution in [3.05, 3.63) is 23.3 Å². The van der Waals surface area contributed by atoms with Crippen molar-refractivity contribution in [3.63, 3.8) is 0 Å². The van der Waals surface area contributed by atoms with Gasteiger partial charge >= 0.3 is 23.9 Å². The van der Waals surface area contributed by atoms with Gasteiger partial charge in [-0.25, -0.2) is 9.59 Å². The molecule has 4 saturated carbocycles. The van der Waals surface area contributed by atoms with Crippen LogP contribution in [0.4, 0.5) is 0 Å². The zero-order valence-corrected chi connectivity index (χ0v) is 41.7. The van der Waals surface area contributed by atoms with Crippen LogP contribution in [-0.2, 0) is 52.3 Å². The number of carbonyl (C=O) groups excluding carboxylic acids is 3. The molecule has 0 unspecified atom stereocenters. The minimum atomic E-state index is -1.95. The molecule has 0 radical (unpaired) electrons. The minimum absolute atomic E-state index is 0.0540. The highest BCUT2D eigenvalue weighted by Crippen LogP contribution is 2.76. The Morgan fingerprint density at radius 2 is 1.41 bits per heavy atom. The van der Waals surface area contributed by atoms with Gasteiger partial charge in [-0.1, -0.05) is 66.2 Å². The van der Waals surface area contributed by atoms with Gasteiger partial charge in [0.1, 0.15) is 54.9 Å². The normalized spacial score (nSPS) is 48.0. The van der Waals surface area contributed by atoms with E-state index < -0.39 is 161 Å². The third kappa shape index (κ3) is 8.30. The molecule has 7 rings (SSSR count). The van der Waals surface area contributed by atoms with Crippen LogP contribution in [0.5, 0.6) is 0 Å². The second kappa shape index (κ2) is 18.8. The van der Waals surface area contributed by atoms with Crippen LogP contribution in [0.15, 0.2) is 23.3 Å². The van der Waals surface area contributed by atoms with E-state index in [1.165, 1.54) is 13.8 Å². The Labute approximate surface area is 403 Å². The fraction of sp³-hybridized carbons (Fsp3) is 0.840. The quantitative estimate of drug-likeness (QED) is 0.0511. The van der Waals surface area contributed by atoms with E-state index in [1.54, 1.807) is 19.9 Å². The fourth-order valence-electron chi connectivity index (χ4n) is 14.9. The molecular weight excluding hydrogens is 905 g/mol. The Hall–Kier alpha value is -3.08. The van der Waals surface area contributed by atoms with Gasteiger partial charge in [0.25, 0.3) is 0 Å². The number of ether oxygens (including phenoxy) is 7. The SMILES string of the molecule is C/C=C(\C)C(=O)O[C@@H]1[C@H](OC(C)=O)C(C)(C)C[C@H]2C3=CC[C@H]4[C@]5(C)CC[C@@H](O[C@H]6O[C@@H](C(=O)O)[C@H](O)[C@@H](O[C@@H]7OC[C@H](O)[C@H](O)[C@@H]7O)[C@@H]6O)C(C)(C)[C@@H]5CC[C@@]4(C)[C@]3(C)[C@H](OC(C)=O)[C@H](O)[C@@]12CO. The van der Waals surface area contributed by atoms with Crippen molar-refractivity contribution in [1.82, 2.24) is 0 Å². The number of aliphatic carboxylic acids is 1. The first kappa shape index (κ1) is 53.7. The van der Waals surface area contributed by atoms with E-state index in [1.807, 2.05) is 20.8 Å². The van der Waals surface area contributed by atoms with Gasteiger partial charge in [-0.15, -0.1) is 0 Å². The minimum Gasteiger partial charge on any atom is -0.479 e. The van der Waals surface area contributed by atoms with Gasteiger partial charge in [0.05, 0.1) is 24.7 Å². The Morgan fingerprint density at radius 1 is 0.768 bits per heavy atom. The van der Waals surface area contributed by atoms with Crippen molar-refractivity contribution >= 4 is 23.9 Å². The summed E-state index contributed by atoms with van der Waals surface area (Å²) in [6.45, 7) is 19.1. The summed E-state index contributed by atoms with van der Waals surface area (Å²) in [6.07, 6.45) is -14.6. The summed E-state index contributed by atoms with van der Waals surface area (Å²) in [5.41, 5.74) is -4.16. The number of carbonyl (C=O) groups is 4. The second-order valence-electron chi connectivity index (χ2n) is 23.1. The van der Waals surface area contributed by atoms with Crippen molar-refractivity contribution in [1.29, 1.82) is 0 Å². The van der Waals surface area contributed by atoms with Crippen LogP contribution in [0.3, 0.4) is 0 Å². The number of carboxylic acids is 1. The highest BCUT2D eigenvalue weighted by molar-refractivity contribution is 5.88. The number of allylic oxidation sites excluding steroid dienone is 2. The molecular formula is C50H76O19.